The van der Waals surface area contributed by atoms with E-state index in [2.05, 4.69) is 162 Å². The molecule has 0 saturated carbocycles. The monoisotopic (exact) mass is 728 g/mol. The van der Waals surface area contributed by atoms with Crippen LogP contribution in [0.3, 0.4) is 0 Å². The van der Waals surface area contributed by atoms with Gasteiger partial charge in [-0.15, -0.1) is 5.19 Å². The van der Waals surface area contributed by atoms with Crippen molar-refractivity contribution in [2.45, 2.75) is 119 Å². The van der Waals surface area contributed by atoms with Gasteiger partial charge in [0.25, 0.3) is 0 Å². The van der Waals surface area contributed by atoms with Crippen molar-refractivity contribution in [3.63, 3.8) is 0 Å². The van der Waals surface area contributed by atoms with E-state index in [9.17, 15) is 0 Å². The van der Waals surface area contributed by atoms with Crippen molar-refractivity contribution in [2.75, 3.05) is 0 Å². The van der Waals surface area contributed by atoms with Gasteiger partial charge in [0.15, 0.2) is 0 Å². The second-order valence-corrected chi connectivity index (χ2v) is 26.3. The Balaban J connectivity index is 0.00000136. The first-order valence-corrected chi connectivity index (χ1v) is 25.4. The van der Waals surface area contributed by atoms with Crippen molar-refractivity contribution in [3.05, 3.63) is 112 Å². The van der Waals surface area contributed by atoms with Crippen LogP contribution >= 0.6 is 27.9 Å². The molecule has 0 heterocycles. The molecule has 0 amide bonds. The second kappa shape index (κ2) is 17.0. The molecule has 0 N–H and O–H groups in total. The molecule has 4 aromatic rings. The minimum atomic E-state index is -2.71. The van der Waals surface area contributed by atoms with Gasteiger partial charge in [-0.3, -0.25) is 0 Å². The summed E-state index contributed by atoms with van der Waals surface area (Å²) in [5, 5.41) is 6.06. The molecule has 5 heteroatoms. The van der Waals surface area contributed by atoms with Crippen LogP contribution in [0.2, 0.25) is 0 Å². The Kier molecular flexibility index (Phi) is 14.5. The van der Waals surface area contributed by atoms with Gasteiger partial charge in [0.2, 0.25) is 0 Å². The first-order valence-electron chi connectivity index (χ1n) is 17.0. The third-order valence-electron chi connectivity index (χ3n) is 9.33. The molecule has 0 nitrogen and oxygen atoms in total. The van der Waals surface area contributed by atoms with Gasteiger partial charge in [-0.25, -0.2) is 12.1 Å². The van der Waals surface area contributed by atoms with Crippen LogP contribution in [-0.2, 0) is 14.7 Å². The zero-order chi connectivity index (χ0) is 34.5. The van der Waals surface area contributed by atoms with Gasteiger partial charge >= 0.3 is 42.6 Å². The van der Waals surface area contributed by atoms with E-state index in [1.165, 1.54) is 54.1 Å². The molecule has 0 unspecified atom stereocenters. The molecule has 0 aliphatic carbocycles. The Bertz CT molecular complexity index is 1310. The van der Waals surface area contributed by atoms with Crippen LogP contribution in [0.25, 0.3) is 0 Å². The molecule has 0 bridgehead atoms. The topological polar surface area (TPSA) is 0 Å². The van der Waals surface area contributed by atoms with Crippen LogP contribution in [0.4, 0.5) is 0 Å². The maximum atomic E-state index is 4.97. The number of halogens is 3. The van der Waals surface area contributed by atoms with Gasteiger partial charge in [-0.2, -0.15) is 12.1 Å². The molecule has 0 fully saturated rings. The van der Waals surface area contributed by atoms with E-state index in [1.54, 1.807) is 0 Å². The van der Waals surface area contributed by atoms with Crippen LogP contribution in [0.5, 0.6) is 0 Å². The summed E-state index contributed by atoms with van der Waals surface area (Å²) in [6.45, 7) is 28.2. The Hall–Kier alpha value is -1.19. The number of hydrogen-bond donors (Lipinski definition) is 0. The third-order valence-corrected chi connectivity index (χ3v) is 14.0. The normalized spacial score (nSPS) is 12.1. The molecular formula is C41H55Cl3SiTi. The van der Waals surface area contributed by atoms with Crippen molar-refractivity contribution in [3.8, 4) is 0 Å². The molecule has 0 saturated heterocycles. The van der Waals surface area contributed by atoms with Crippen LogP contribution in [0.1, 0.15) is 152 Å². The molecule has 248 valence electrons. The van der Waals surface area contributed by atoms with E-state index in [0.717, 1.165) is 0 Å². The Morgan fingerprint density at radius 1 is 0.413 bits per heavy atom. The van der Waals surface area contributed by atoms with Crippen molar-refractivity contribution in [1.82, 2.24) is 0 Å². The van der Waals surface area contributed by atoms with Crippen molar-refractivity contribution >= 4 is 56.7 Å². The molecular weight excluding hydrogens is 675 g/mol. The fourth-order valence-corrected chi connectivity index (χ4v) is 11.3. The van der Waals surface area contributed by atoms with E-state index >= 15 is 0 Å². The Morgan fingerprint density at radius 3 is 0.783 bits per heavy atom. The van der Waals surface area contributed by atoms with Crippen LogP contribution in [0, 0.1) is 0 Å². The fourth-order valence-electron chi connectivity index (χ4n) is 6.30. The SMILES string of the molecule is CC(C)c1cc(C(C)C)cc([Si](c2cc(C(C)C)cc(C(C)C)c2)(c2cc(C(C)C)cc(C(C)C)c2)[c-]2cccc2)c1.[Cl][Ti+]([Cl])[Cl]. The molecule has 0 radical (unpaired) electrons. The zero-order valence-corrected chi connectivity index (χ0v) is 34.9. The maximum absolute atomic E-state index is 4.97. The summed E-state index contributed by atoms with van der Waals surface area (Å²) >= 11 is -1.92. The molecule has 4 rings (SSSR count). The van der Waals surface area contributed by atoms with Gasteiger partial charge in [0.05, 0.1) is 0 Å². The predicted molar refractivity (Wildman–Crippen MR) is 208 cm³/mol. The second-order valence-electron chi connectivity index (χ2n) is 14.7. The van der Waals surface area contributed by atoms with Crippen LogP contribution in [0.15, 0.2) is 78.9 Å². The molecule has 46 heavy (non-hydrogen) atoms. The van der Waals surface area contributed by atoms with Gasteiger partial charge < -0.3 is 0 Å². The van der Waals surface area contributed by atoms with Crippen LogP contribution < -0.4 is 20.7 Å². The zero-order valence-electron chi connectivity index (χ0n) is 30.1. The summed E-state index contributed by atoms with van der Waals surface area (Å²) in [6, 6.07) is 32.3. The molecule has 0 aliphatic rings. The minimum absolute atomic E-state index is 0.468. The summed E-state index contributed by atoms with van der Waals surface area (Å²) < 4.78 is 0. The van der Waals surface area contributed by atoms with Gasteiger partial charge in [-0.1, -0.05) is 153 Å². The first-order chi connectivity index (χ1) is 21.5. The summed E-state index contributed by atoms with van der Waals surface area (Å²) in [6.07, 6.45) is 0. The van der Waals surface area contributed by atoms with Gasteiger partial charge in [0.1, 0.15) is 8.07 Å². The number of rotatable bonds is 10. The number of hydrogen-bond acceptors (Lipinski definition) is 0. The van der Waals surface area contributed by atoms with E-state index in [1.807, 2.05) is 0 Å². The molecule has 0 aromatic heterocycles. The fraction of sp³-hybridized carbons (Fsp3) is 0.439. The van der Waals surface area contributed by atoms with Crippen molar-refractivity contribution < 1.29 is 14.7 Å². The standard InChI is InChI=1S/C41H55Si.3ClH.Ti/c1-26(2)32-17-33(27(3)4)21-39(20-32)42(38-15-13-14-16-38,40-22-34(28(5)6)18-35(23-40)29(7)8)41-24-36(30(9)10)19-37(25-41)31(11)12;;;;/h13-31H,1-12H3;3*1H;/q-1;;;;+4/p-3. The predicted octanol–water partition coefficient (Wildman–Crippen LogP) is 11.6. The summed E-state index contributed by atoms with van der Waals surface area (Å²) in [5.74, 6) is 2.81. The average molecular weight is 730 g/mol. The summed E-state index contributed by atoms with van der Waals surface area (Å²) in [4.78, 5) is 0. The van der Waals surface area contributed by atoms with Crippen molar-refractivity contribution in [1.29, 1.82) is 0 Å². The first kappa shape index (κ1) is 39.3. The van der Waals surface area contributed by atoms with Crippen molar-refractivity contribution in [2.24, 2.45) is 0 Å². The molecule has 0 atom stereocenters. The van der Waals surface area contributed by atoms with E-state index in [-0.39, 0.29) is 0 Å². The molecule has 4 aromatic carbocycles. The summed E-state index contributed by atoms with van der Waals surface area (Å²) in [7, 11) is 12.2. The van der Waals surface area contributed by atoms with E-state index in [4.69, 9.17) is 27.9 Å². The Morgan fingerprint density at radius 2 is 0.609 bits per heavy atom. The third kappa shape index (κ3) is 9.28. The molecule has 0 spiro atoms. The summed E-state index contributed by atoms with van der Waals surface area (Å²) in [5.41, 5.74) is 8.71. The Labute approximate surface area is 300 Å². The van der Waals surface area contributed by atoms with E-state index < -0.39 is 22.8 Å². The van der Waals surface area contributed by atoms with Gasteiger partial charge in [-0.05, 0) is 68.9 Å². The number of benzene rings is 3. The molecule has 0 aliphatic heterocycles. The quantitative estimate of drug-likeness (QED) is 0.0866. The average Bonchev–Trinajstić information content (AvgIpc) is 3.52. The van der Waals surface area contributed by atoms with E-state index in [0.29, 0.717) is 35.5 Å². The van der Waals surface area contributed by atoms with Crippen LogP contribution in [-0.4, -0.2) is 8.07 Å². The van der Waals surface area contributed by atoms with Gasteiger partial charge in [0, 0.05) is 0 Å².